The quantitative estimate of drug-likeness (QED) is 0.792. The highest BCUT2D eigenvalue weighted by atomic mass is 16.4. The fraction of sp³-hybridized carbons (Fsp3) is 0.857. The standard InChI is InChI=1S/C14H25N3O3/c1-10-9-16(3)7-8-17(10)13(20)15-11-5-4-6-14(11,2)12(18)19/h10-11H,4-9H2,1-3H3,(H,15,20)(H,18,19). The second kappa shape index (κ2) is 5.60. The summed E-state index contributed by atoms with van der Waals surface area (Å²) in [4.78, 5) is 27.8. The van der Waals surface area contributed by atoms with Gasteiger partial charge in [0, 0.05) is 31.7 Å². The Bertz CT molecular complexity index is 401. The van der Waals surface area contributed by atoms with Crippen molar-refractivity contribution in [2.75, 3.05) is 26.7 Å². The van der Waals surface area contributed by atoms with E-state index < -0.39 is 11.4 Å². The smallest absolute Gasteiger partial charge is 0.317 e. The van der Waals surface area contributed by atoms with E-state index >= 15 is 0 Å². The summed E-state index contributed by atoms with van der Waals surface area (Å²) in [5, 5.41) is 12.3. The van der Waals surface area contributed by atoms with E-state index in [1.807, 2.05) is 18.9 Å². The van der Waals surface area contributed by atoms with Gasteiger partial charge in [0.15, 0.2) is 0 Å². The summed E-state index contributed by atoms with van der Waals surface area (Å²) in [6.07, 6.45) is 2.23. The Labute approximate surface area is 120 Å². The molecule has 1 aliphatic heterocycles. The Hall–Kier alpha value is -1.30. The van der Waals surface area contributed by atoms with Gasteiger partial charge >= 0.3 is 12.0 Å². The number of nitrogens with one attached hydrogen (secondary N) is 1. The Morgan fingerprint density at radius 3 is 2.65 bits per heavy atom. The number of likely N-dealkylation sites (N-methyl/N-ethyl adjacent to an activating group) is 1. The molecule has 3 atom stereocenters. The van der Waals surface area contributed by atoms with Crippen LogP contribution >= 0.6 is 0 Å². The Balaban J connectivity index is 1.99. The van der Waals surface area contributed by atoms with Crippen molar-refractivity contribution in [2.45, 2.75) is 45.2 Å². The van der Waals surface area contributed by atoms with Gasteiger partial charge in [-0.05, 0) is 33.7 Å². The molecule has 6 heteroatoms. The minimum absolute atomic E-state index is 0.120. The zero-order valence-corrected chi connectivity index (χ0v) is 12.6. The minimum atomic E-state index is -0.828. The second-order valence-electron chi connectivity index (χ2n) is 6.42. The van der Waals surface area contributed by atoms with Crippen molar-refractivity contribution in [3.8, 4) is 0 Å². The molecule has 3 unspecified atom stereocenters. The summed E-state index contributed by atoms with van der Waals surface area (Å²) >= 11 is 0. The first-order chi connectivity index (χ1) is 9.34. The molecule has 0 aromatic rings. The van der Waals surface area contributed by atoms with Crippen molar-refractivity contribution in [1.29, 1.82) is 0 Å². The predicted molar refractivity (Wildman–Crippen MR) is 75.6 cm³/mol. The van der Waals surface area contributed by atoms with E-state index in [9.17, 15) is 14.7 Å². The minimum Gasteiger partial charge on any atom is -0.481 e. The van der Waals surface area contributed by atoms with E-state index in [2.05, 4.69) is 10.2 Å². The van der Waals surface area contributed by atoms with E-state index in [1.54, 1.807) is 6.92 Å². The van der Waals surface area contributed by atoms with Crippen LogP contribution in [0.3, 0.4) is 0 Å². The molecular weight excluding hydrogens is 258 g/mol. The maximum absolute atomic E-state index is 12.4. The summed E-state index contributed by atoms with van der Waals surface area (Å²) < 4.78 is 0. The number of carbonyl (C=O) groups excluding carboxylic acids is 1. The second-order valence-corrected chi connectivity index (χ2v) is 6.42. The van der Waals surface area contributed by atoms with Crippen LogP contribution in [-0.4, -0.2) is 65.7 Å². The molecule has 1 aliphatic carbocycles. The summed E-state index contributed by atoms with van der Waals surface area (Å²) in [6.45, 7) is 6.17. The number of amides is 2. The summed E-state index contributed by atoms with van der Waals surface area (Å²) in [7, 11) is 2.05. The summed E-state index contributed by atoms with van der Waals surface area (Å²) in [5.74, 6) is -0.813. The average Bonchev–Trinajstić information content (AvgIpc) is 2.72. The van der Waals surface area contributed by atoms with Crippen LogP contribution in [-0.2, 0) is 4.79 Å². The molecule has 0 bridgehead atoms. The first kappa shape index (κ1) is 15.1. The molecule has 0 aromatic heterocycles. The van der Waals surface area contributed by atoms with Gasteiger partial charge in [0.05, 0.1) is 5.41 Å². The van der Waals surface area contributed by atoms with E-state index in [4.69, 9.17) is 0 Å². The molecule has 2 aliphatic rings. The zero-order valence-electron chi connectivity index (χ0n) is 12.6. The first-order valence-corrected chi connectivity index (χ1v) is 7.33. The van der Waals surface area contributed by atoms with E-state index in [0.29, 0.717) is 13.0 Å². The number of hydrogen-bond donors (Lipinski definition) is 2. The van der Waals surface area contributed by atoms with Crippen molar-refractivity contribution in [3.05, 3.63) is 0 Å². The lowest BCUT2D eigenvalue weighted by Crippen LogP contribution is -2.58. The molecular formula is C14H25N3O3. The van der Waals surface area contributed by atoms with Crippen LogP contribution in [0.1, 0.15) is 33.1 Å². The normalized spacial score (nSPS) is 35.0. The number of urea groups is 1. The molecule has 20 heavy (non-hydrogen) atoms. The van der Waals surface area contributed by atoms with Crippen molar-refractivity contribution in [3.63, 3.8) is 0 Å². The van der Waals surface area contributed by atoms with Crippen molar-refractivity contribution in [1.82, 2.24) is 15.1 Å². The Morgan fingerprint density at radius 2 is 2.05 bits per heavy atom. The Kier molecular flexibility index (Phi) is 4.22. The molecule has 1 saturated carbocycles. The average molecular weight is 283 g/mol. The molecule has 0 spiro atoms. The van der Waals surface area contributed by atoms with E-state index in [0.717, 1.165) is 25.9 Å². The number of nitrogens with zero attached hydrogens (tertiary/aromatic N) is 2. The van der Waals surface area contributed by atoms with Gasteiger partial charge in [0.2, 0.25) is 0 Å². The zero-order chi connectivity index (χ0) is 14.9. The third kappa shape index (κ3) is 2.75. The first-order valence-electron chi connectivity index (χ1n) is 7.33. The van der Waals surface area contributed by atoms with Gasteiger partial charge in [-0.3, -0.25) is 4.79 Å². The molecule has 1 heterocycles. The van der Waals surface area contributed by atoms with Crippen LogP contribution in [0.15, 0.2) is 0 Å². The lowest BCUT2D eigenvalue weighted by atomic mass is 9.85. The van der Waals surface area contributed by atoms with E-state index in [-0.39, 0.29) is 18.1 Å². The van der Waals surface area contributed by atoms with Crippen LogP contribution < -0.4 is 5.32 Å². The molecule has 6 nitrogen and oxygen atoms in total. The molecule has 1 saturated heterocycles. The number of hydrogen-bond acceptors (Lipinski definition) is 3. The third-order valence-corrected chi connectivity index (χ3v) is 4.84. The van der Waals surface area contributed by atoms with Crippen molar-refractivity contribution < 1.29 is 14.7 Å². The topological polar surface area (TPSA) is 72.9 Å². The highest BCUT2D eigenvalue weighted by molar-refractivity contribution is 5.79. The van der Waals surface area contributed by atoms with Crippen LogP contribution in [0, 0.1) is 5.41 Å². The number of carboxylic acid groups (broad SMARTS) is 1. The van der Waals surface area contributed by atoms with Gasteiger partial charge in [-0.1, -0.05) is 6.42 Å². The van der Waals surface area contributed by atoms with Crippen molar-refractivity contribution in [2.24, 2.45) is 5.41 Å². The monoisotopic (exact) mass is 283 g/mol. The molecule has 2 amide bonds. The van der Waals surface area contributed by atoms with Gasteiger partial charge in [0.25, 0.3) is 0 Å². The molecule has 2 N–H and O–H groups in total. The number of piperazine rings is 1. The number of rotatable bonds is 2. The maximum Gasteiger partial charge on any atom is 0.317 e. The molecule has 0 radical (unpaired) electrons. The fourth-order valence-electron chi connectivity index (χ4n) is 3.33. The Morgan fingerprint density at radius 1 is 1.35 bits per heavy atom. The predicted octanol–water partition coefficient (Wildman–Crippen LogP) is 0.975. The van der Waals surface area contributed by atoms with Gasteiger partial charge in [-0.2, -0.15) is 0 Å². The van der Waals surface area contributed by atoms with Crippen LogP contribution in [0.25, 0.3) is 0 Å². The molecule has 2 rings (SSSR count). The van der Waals surface area contributed by atoms with Crippen molar-refractivity contribution >= 4 is 12.0 Å². The third-order valence-electron chi connectivity index (χ3n) is 4.84. The summed E-state index contributed by atoms with van der Waals surface area (Å²) in [5.41, 5.74) is -0.828. The van der Waals surface area contributed by atoms with Gasteiger partial charge < -0.3 is 20.2 Å². The van der Waals surface area contributed by atoms with Gasteiger partial charge in [0.1, 0.15) is 0 Å². The largest absolute Gasteiger partial charge is 0.481 e. The number of aliphatic carboxylic acids is 1. The highest BCUT2D eigenvalue weighted by Gasteiger charge is 2.46. The molecule has 2 fully saturated rings. The molecule has 0 aromatic carbocycles. The van der Waals surface area contributed by atoms with Crippen LogP contribution in [0.4, 0.5) is 4.79 Å². The number of carboxylic acids is 1. The number of carbonyl (C=O) groups is 2. The lowest BCUT2D eigenvalue weighted by Gasteiger charge is -2.39. The van der Waals surface area contributed by atoms with Gasteiger partial charge in [-0.15, -0.1) is 0 Å². The van der Waals surface area contributed by atoms with Crippen LogP contribution in [0.2, 0.25) is 0 Å². The fourth-order valence-corrected chi connectivity index (χ4v) is 3.33. The van der Waals surface area contributed by atoms with Crippen LogP contribution in [0.5, 0.6) is 0 Å². The summed E-state index contributed by atoms with van der Waals surface area (Å²) in [6, 6.07) is -0.226. The molecule has 114 valence electrons. The maximum atomic E-state index is 12.4. The highest BCUT2D eigenvalue weighted by Crippen LogP contribution is 2.38. The lowest BCUT2D eigenvalue weighted by molar-refractivity contribution is -0.148. The van der Waals surface area contributed by atoms with E-state index in [1.165, 1.54) is 0 Å². The van der Waals surface area contributed by atoms with Gasteiger partial charge in [-0.25, -0.2) is 4.79 Å². The SMILES string of the molecule is CC1CN(C)CCN1C(=O)NC1CCCC1(C)C(=O)O.